The topological polar surface area (TPSA) is 85.2 Å². The van der Waals surface area contributed by atoms with Gasteiger partial charge in [0.05, 0.1) is 27.0 Å². The molecule has 2 aromatic rings. The van der Waals surface area contributed by atoms with Gasteiger partial charge in [-0.1, -0.05) is 40.9 Å². The molecule has 2 amide bonds. The second-order valence-electron chi connectivity index (χ2n) is 4.12. The van der Waals surface area contributed by atoms with E-state index >= 15 is 0 Å². The molecule has 0 heterocycles. The summed E-state index contributed by atoms with van der Waals surface area (Å²) in [6, 6.07) is 8.68. The lowest BCUT2D eigenvalue weighted by atomic mass is 10.2. The van der Waals surface area contributed by atoms with Crippen LogP contribution in [-0.2, 0) is 0 Å². The van der Waals surface area contributed by atoms with Crippen molar-refractivity contribution in [1.82, 2.24) is 0 Å². The van der Waals surface area contributed by atoms with Gasteiger partial charge in [0.2, 0.25) is 0 Å². The van der Waals surface area contributed by atoms with Crippen molar-refractivity contribution in [2.45, 2.75) is 0 Å². The lowest BCUT2D eigenvalue weighted by molar-refractivity contribution is 0.262. The minimum atomic E-state index is -0.653. The number of rotatable bonds is 2. The zero-order valence-electron chi connectivity index (χ0n) is 10.8. The predicted molar refractivity (Wildman–Crippen MR) is 86.9 cm³/mol. The van der Waals surface area contributed by atoms with Crippen molar-refractivity contribution in [3.63, 3.8) is 0 Å². The Labute approximate surface area is 141 Å². The largest absolute Gasteiger partial charge is 0.504 e. The molecule has 5 nitrogen and oxygen atoms in total. The van der Waals surface area contributed by atoms with Crippen molar-refractivity contribution < 1.29 is 9.90 Å². The molecule has 0 aliphatic rings. The second kappa shape index (κ2) is 6.75. The highest BCUT2D eigenvalue weighted by atomic mass is 35.5. The fourth-order valence-electron chi connectivity index (χ4n) is 1.63. The van der Waals surface area contributed by atoms with E-state index in [2.05, 4.69) is 10.6 Å². The molecule has 0 spiro atoms. The summed E-state index contributed by atoms with van der Waals surface area (Å²) in [5, 5.41) is 23.9. The fourth-order valence-corrected chi connectivity index (χ4v) is 2.18. The smallest absolute Gasteiger partial charge is 0.323 e. The van der Waals surface area contributed by atoms with E-state index < -0.39 is 11.8 Å². The SMILES string of the molecule is N#Cc1ccc(NC(=O)Nc2cccc(Cl)c2Cl)c(O)c1Cl. The van der Waals surface area contributed by atoms with Crippen LogP contribution in [0.25, 0.3) is 0 Å². The van der Waals surface area contributed by atoms with E-state index in [0.717, 1.165) is 0 Å². The Kier molecular flexibility index (Phi) is 4.99. The van der Waals surface area contributed by atoms with Gasteiger partial charge < -0.3 is 15.7 Å². The molecule has 2 aromatic carbocycles. The number of nitrogens with zero attached hydrogens (tertiary/aromatic N) is 1. The summed E-state index contributed by atoms with van der Waals surface area (Å²) in [6.07, 6.45) is 0. The third-order valence-corrected chi connectivity index (χ3v) is 3.89. The van der Waals surface area contributed by atoms with E-state index in [-0.39, 0.29) is 21.3 Å². The molecule has 0 bridgehead atoms. The van der Waals surface area contributed by atoms with Crippen molar-refractivity contribution in [3.8, 4) is 11.8 Å². The van der Waals surface area contributed by atoms with Gasteiger partial charge in [-0.3, -0.25) is 0 Å². The first-order valence-corrected chi connectivity index (χ1v) is 7.01. The molecule has 0 radical (unpaired) electrons. The maximum Gasteiger partial charge on any atom is 0.323 e. The zero-order chi connectivity index (χ0) is 16.3. The second-order valence-corrected chi connectivity index (χ2v) is 5.28. The Morgan fingerprint density at radius 1 is 1.05 bits per heavy atom. The first kappa shape index (κ1) is 16.2. The van der Waals surface area contributed by atoms with Crippen LogP contribution in [0, 0.1) is 11.3 Å². The van der Waals surface area contributed by atoms with Crippen LogP contribution < -0.4 is 10.6 Å². The normalized spacial score (nSPS) is 9.91. The van der Waals surface area contributed by atoms with Crippen molar-refractivity contribution >= 4 is 52.2 Å². The van der Waals surface area contributed by atoms with E-state index in [1.54, 1.807) is 18.2 Å². The van der Waals surface area contributed by atoms with Gasteiger partial charge in [0.1, 0.15) is 11.1 Å². The number of carbonyl (C=O) groups is 1. The van der Waals surface area contributed by atoms with Crippen LogP contribution in [0.4, 0.5) is 16.2 Å². The van der Waals surface area contributed by atoms with Crippen molar-refractivity contribution in [2.75, 3.05) is 10.6 Å². The molecule has 0 saturated heterocycles. The third-order valence-electron chi connectivity index (χ3n) is 2.68. The lowest BCUT2D eigenvalue weighted by Gasteiger charge is -2.11. The zero-order valence-corrected chi connectivity index (χ0v) is 13.1. The van der Waals surface area contributed by atoms with E-state index in [9.17, 15) is 9.90 Å². The number of nitriles is 1. The maximum absolute atomic E-state index is 11.9. The Bertz CT molecular complexity index is 788. The lowest BCUT2D eigenvalue weighted by Crippen LogP contribution is -2.19. The van der Waals surface area contributed by atoms with Crippen molar-refractivity contribution in [1.29, 1.82) is 5.26 Å². The number of phenols is 1. The molecule has 112 valence electrons. The molecule has 22 heavy (non-hydrogen) atoms. The van der Waals surface area contributed by atoms with E-state index in [1.165, 1.54) is 12.1 Å². The van der Waals surface area contributed by atoms with E-state index in [1.807, 2.05) is 6.07 Å². The molecule has 0 aliphatic heterocycles. The van der Waals surface area contributed by atoms with Gasteiger partial charge >= 0.3 is 6.03 Å². The minimum Gasteiger partial charge on any atom is -0.504 e. The van der Waals surface area contributed by atoms with Gasteiger partial charge in [-0.15, -0.1) is 0 Å². The predicted octanol–water partition coefficient (Wildman–Crippen LogP) is 4.87. The van der Waals surface area contributed by atoms with Crippen LogP contribution >= 0.6 is 34.8 Å². The number of phenolic OH excluding ortho intramolecular Hbond substituents is 1. The number of hydrogen-bond donors (Lipinski definition) is 3. The molecule has 2 rings (SSSR count). The minimum absolute atomic E-state index is 0.0552. The maximum atomic E-state index is 11.9. The summed E-state index contributed by atoms with van der Waals surface area (Å²) < 4.78 is 0. The number of aromatic hydroxyl groups is 1. The van der Waals surface area contributed by atoms with E-state index in [0.29, 0.717) is 10.7 Å². The summed E-state index contributed by atoms with van der Waals surface area (Å²) in [5.74, 6) is -0.395. The number of halogens is 3. The number of amides is 2. The highest BCUT2D eigenvalue weighted by Gasteiger charge is 2.14. The highest BCUT2D eigenvalue weighted by Crippen LogP contribution is 2.35. The van der Waals surface area contributed by atoms with Gasteiger partial charge in [-0.2, -0.15) is 5.26 Å². The first-order valence-electron chi connectivity index (χ1n) is 5.87. The van der Waals surface area contributed by atoms with Gasteiger partial charge in [0.25, 0.3) is 0 Å². The van der Waals surface area contributed by atoms with Crippen LogP contribution in [0.15, 0.2) is 30.3 Å². The Balaban J connectivity index is 2.18. The summed E-state index contributed by atoms with van der Waals surface area (Å²) in [6.45, 7) is 0. The molecular weight excluding hydrogens is 349 g/mol. The van der Waals surface area contributed by atoms with Crippen LogP contribution in [-0.4, -0.2) is 11.1 Å². The van der Waals surface area contributed by atoms with Gasteiger partial charge in [0, 0.05) is 0 Å². The molecular formula is C14H8Cl3N3O2. The summed E-state index contributed by atoms with van der Waals surface area (Å²) in [4.78, 5) is 11.9. The molecule has 0 saturated carbocycles. The summed E-state index contributed by atoms with van der Waals surface area (Å²) in [5.41, 5.74) is 0.466. The average Bonchev–Trinajstić information content (AvgIpc) is 2.49. The Morgan fingerprint density at radius 3 is 2.41 bits per heavy atom. The van der Waals surface area contributed by atoms with Crippen LogP contribution in [0.3, 0.4) is 0 Å². The van der Waals surface area contributed by atoms with Crippen molar-refractivity contribution in [3.05, 3.63) is 51.0 Å². The number of benzene rings is 2. The number of urea groups is 1. The van der Waals surface area contributed by atoms with E-state index in [4.69, 9.17) is 40.1 Å². The monoisotopic (exact) mass is 355 g/mol. The van der Waals surface area contributed by atoms with Gasteiger partial charge in [-0.05, 0) is 24.3 Å². The van der Waals surface area contributed by atoms with Gasteiger partial charge in [0.15, 0.2) is 5.75 Å². The molecule has 8 heteroatoms. The molecule has 0 atom stereocenters. The Morgan fingerprint density at radius 2 is 1.73 bits per heavy atom. The standard InChI is InChI=1S/C14H8Cl3N3O2/c15-8-2-1-3-9(12(8)17)19-14(22)20-10-5-4-7(6-18)11(16)13(10)21/h1-5,21H,(H2,19,20,22). The molecule has 0 aromatic heterocycles. The van der Waals surface area contributed by atoms with Crippen LogP contribution in [0.5, 0.6) is 5.75 Å². The Hall–Kier alpha value is -2.13. The molecule has 0 fully saturated rings. The number of nitrogens with one attached hydrogen (secondary N) is 2. The summed E-state index contributed by atoms with van der Waals surface area (Å²) >= 11 is 17.6. The van der Waals surface area contributed by atoms with Crippen LogP contribution in [0.2, 0.25) is 15.1 Å². The van der Waals surface area contributed by atoms with Crippen LogP contribution in [0.1, 0.15) is 5.56 Å². The fraction of sp³-hybridized carbons (Fsp3) is 0. The number of anilines is 2. The quantitative estimate of drug-likeness (QED) is 0.671. The molecule has 0 aliphatic carbocycles. The first-order chi connectivity index (χ1) is 10.4. The van der Waals surface area contributed by atoms with Crippen molar-refractivity contribution in [2.24, 2.45) is 0 Å². The third kappa shape index (κ3) is 3.37. The average molecular weight is 357 g/mol. The highest BCUT2D eigenvalue weighted by molar-refractivity contribution is 6.44. The molecule has 3 N–H and O–H groups in total. The number of hydrogen-bond acceptors (Lipinski definition) is 3. The molecule has 0 unspecified atom stereocenters. The van der Waals surface area contributed by atoms with Gasteiger partial charge in [-0.25, -0.2) is 4.79 Å². The summed E-state index contributed by atoms with van der Waals surface area (Å²) in [7, 11) is 0. The number of carbonyl (C=O) groups excluding carboxylic acids is 1.